The van der Waals surface area contributed by atoms with Crippen molar-refractivity contribution in [2.24, 2.45) is 0 Å². The van der Waals surface area contributed by atoms with E-state index < -0.39 is 0 Å². The molecule has 0 heterocycles. The van der Waals surface area contributed by atoms with Gasteiger partial charge in [-0.3, -0.25) is 0 Å². The molecule has 0 unspecified atom stereocenters. The van der Waals surface area contributed by atoms with Crippen molar-refractivity contribution >= 4 is 10.8 Å². The third kappa shape index (κ3) is 6.73. The van der Waals surface area contributed by atoms with Crippen molar-refractivity contribution in [1.29, 1.82) is 0 Å². The second kappa shape index (κ2) is 12.9. The Kier molecular flexibility index (Phi) is 9.12. The first-order valence-corrected chi connectivity index (χ1v) is 13.2. The zero-order valence-electron chi connectivity index (χ0n) is 21.3. The molecule has 182 valence electrons. The summed E-state index contributed by atoms with van der Waals surface area (Å²) in [6.45, 7) is 6.02. The van der Waals surface area contributed by atoms with Gasteiger partial charge in [-0.05, 0) is 71.5 Å². The molecule has 0 atom stereocenters. The summed E-state index contributed by atoms with van der Waals surface area (Å²) in [5, 5.41) is 1.59. The van der Waals surface area contributed by atoms with Crippen LogP contribution in [0, 0.1) is 17.7 Å². The van der Waals surface area contributed by atoms with Crippen molar-refractivity contribution in [2.45, 2.75) is 58.3 Å². The number of benzene rings is 4. The summed E-state index contributed by atoms with van der Waals surface area (Å²) in [5.41, 5.74) is 6.24. The monoisotopic (exact) mass is 474 g/mol. The fourth-order valence-corrected chi connectivity index (χ4v) is 4.54. The van der Waals surface area contributed by atoms with E-state index in [9.17, 15) is 0 Å². The van der Waals surface area contributed by atoms with E-state index >= 15 is 4.39 Å². The number of aryl methyl sites for hydroxylation is 2. The summed E-state index contributed by atoms with van der Waals surface area (Å²) in [7, 11) is 0. The fraction of sp³-hybridized carbons (Fsp3) is 0.257. The van der Waals surface area contributed by atoms with E-state index in [-0.39, 0.29) is 5.82 Å². The van der Waals surface area contributed by atoms with Gasteiger partial charge in [-0.25, -0.2) is 4.39 Å². The van der Waals surface area contributed by atoms with E-state index in [0.29, 0.717) is 10.9 Å². The van der Waals surface area contributed by atoms with Gasteiger partial charge < -0.3 is 0 Å². The highest BCUT2D eigenvalue weighted by molar-refractivity contribution is 5.85. The first-order valence-electron chi connectivity index (χ1n) is 13.2. The molecule has 36 heavy (non-hydrogen) atoms. The standard InChI is InChI=1S/C35H35F/c1-3-5-7-8-9-11-29-17-25-34-33(26-29)24-23-32(35(34)36)22-16-28-14-20-31(21-15-28)30-18-12-27(13-19-30)10-6-4-2/h4,12-15,17-21,23-26H,2-3,5-11H2,1H3. The van der Waals surface area contributed by atoms with Crippen LogP contribution < -0.4 is 0 Å². The summed E-state index contributed by atoms with van der Waals surface area (Å²) in [6.07, 6.45) is 11.3. The van der Waals surface area contributed by atoms with Crippen molar-refractivity contribution in [2.75, 3.05) is 0 Å². The van der Waals surface area contributed by atoms with Crippen molar-refractivity contribution < 1.29 is 4.39 Å². The fourth-order valence-electron chi connectivity index (χ4n) is 4.54. The Balaban J connectivity index is 1.43. The molecule has 0 amide bonds. The summed E-state index contributed by atoms with van der Waals surface area (Å²) in [4.78, 5) is 0. The maximum Gasteiger partial charge on any atom is 0.146 e. The molecule has 4 rings (SSSR count). The smallest absolute Gasteiger partial charge is 0.146 e. The van der Waals surface area contributed by atoms with Gasteiger partial charge in [0.15, 0.2) is 0 Å². The Morgan fingerprint density at radius 1 is 0.722 bits per heavy atom. The molecule has 0 saturated carbocycles. The molecule has 0 bridgehead atoms. The van der Waals surface area contributed by atoms with Crippen LogP contribution in [-0.4, -0.2) is 0 Å². The zero-order chi connectivity index (χ0) is 25.2. The molecule has 4 aromatic carbocycles. The van der Waals surface area contributed by atoms with Crippen LogP contribution in [0.15, 0.2) is 91.5 Å². The van der Waals surface area contributed by atoms with Gasteiger partial charge in [-0.1, -0.05) is 111 Å². The van der Waals surface area contributed by atoms with Crippen molar-refractivity contribution in [3.05, 3.63) is 120 Å². The van der Waals surface area contributed by atoms with Gasteiger partial charge in [0.2, 0.25) is 0 Å². The average molecular weight is 475 g/mol. The van der Waals surface area contributed by atoms with Gasteiger partial charge in [-0.2, -0.15) is 0 Å². The maximum atomic E-state index is 15.2. The lowest BCUT2D eigenvalue weighted by molar-refractivity contribution is 0.631. The van der Waals surface area contributed by atoms with Crippen LogP contribution in [0.1, 0.15) is 67.7 Å². The number of hydrogen-bond donors (Lipinski definition) is 0. The Bertz CT molecular complexity index is 1350. The Morgan fingerprint density at radius 3 is 2.14 bits per heavy atom. The number of fused-ring (bicyclic) bond motifs is 1. The topological polar surface area (TPSA) is 0 Å². The van der Waals surface area contributed by atoms with Crippen LogP contribution in [0.25, 0.3) is 21.9 Å². The third-order valence-corrected chi connectivity index (χ3v) is 6.74. The van der Waals surface area contributed by atoms with Crippen LogP contribution in [0.4, 0.5) is 4.39 Å². The Morgan fingerprint density at radius 2 is 1.42 bits per heavy atom. The van der Waals surface area contributed by atoms with E-state index in [0.717, 1.165) is 35.8 Å². The van der Waals surface area contributed by atoms with E-state index in [4.69, 9.17) is 0 Å². The normalized spacial score (nSPS) is 10.7. The SMILES string of the molecule is C=CCCc1ccc(-c2ccc(C#Cc3ccc4cc(CCCCCCC)ccc4c3F)cc2)cc1. The van der Waals surface area contributed by atoms with Crippen LogP contribution in [0.2, 0.25) is 0 Å². The Hall–Kier alpha value is -3.63. The molecule has 0 aliphatic heterocycles. The molecule has 0 saturated heterocycles. The zero-order valence-corrected chi connectivity index (χ0v) is 21.3. The summed E-state index contributed by atoms with van der Waals surface area (Å²) >= 11 is 0. The maximum absolute atomic E-state index is 15.2. The molecule has 1 heteroatoms. The van der Waals surface area contributed by atoms with Crippen LogP contribution >= 0.6 is 0 Å². The first kappa shape index (κ1) is 25.5. The molecule has 4 aromatic rings. The van der Waals surface area contributed by atoms with E-state index in [1.54, 1.807) is 6.07 Å². The number of rotatable bonds is 10. The van der Waals surface area contributed by atoms with E-state index in [2.05, 4.69) is 73.9 Å². The third-order valence-electron chi connectivity index (χ3n) is 6.74. The molecule has 0 N–H and O–H groups in total. The van der Waals surface area contributed by atoms with Gasteiger partial charge in [0, 0.05) is 10.9 Å². The molecule has 0 aliphatic rings. The molecule has 0 spiro atoms. The molecule has 0 fully saturated rings. The predicted octanol–water partition coefficient (Wildman–Crippen LogP) is 9.68. The number of allylic oxidation sites excluding steroid dienone is 1. The Labute approximate surface area is 215 Å². The minimum absolute atomic E-state index is 0.234. The number of halogens is 1. The lowest BCUT2D eigenvalue weighted by Crippen LogP contribution is -1.90. The van der Waals surface area contributed by atoms with Gasteiger partial charge in [0.05, 0.1) is 5.56 Å². The minimum Gasteiger partial charge on any atom is -0.205 e. The van der Waals surface area contributed by atoms with E-state index in [1.165, 1.54) is 48.8 Å². The van der Waals surface area contributed by atoms with Crippen LogP contribution in [0.5, 0.6) is 0 Å². The van der Waals surface area contributed by atoms with Crippen LogP contribution in [-0.2, 0) is 12.8 Å². The van der Waals surface area contributed by atoms with Gasteiger partial charge >= 0.3 is 0 Å². The number of hydrogen-bond acceptors (Lipinski definition) is 0. The molecule has 0 aliphatic carbocycles. The van der Waals surface area contributed by atoms with Gasteiger partial charge in [0.1, 0.15) is 5.82 Å². The first-order chi connectivity index (χ1) is 17.7. The van der Waals surface area contributed by atoms with Crippen molar-refractivity contribution in [3.8, 4) is 23.0 Å². The molecule has 0 aromatic heterocycles. The summed E-state index contributed by atoms with van der Waals surface area (Å²) in [5.74, 6) is 5.94. The molecule has 0 nitrogen and oxygen atoms in total. The minimum atomic E-state index is -0.234. The quantitative estimate of drug-likeness (QED) is 0.122. The van der Waals surface area contributed by atoms with Crippen LogP contribution in [0.3, 0.4) is 0 Å². The van der Waals surface area contributed by atoms with Gasteiger partial charge in [-0.15, -0.1) is 6.58 Å². The average Bonchev–Trinajstić information content (AvgIpc) is 2.92. The second-order valence-corrected chi connectivity index (χ2v) is 9.50. The highest BCUT2D eigenvalue weighted by Crippen LogP contribution is 2.24. The molecule has 0 radical (unpaired) electrons. The number of unbranched alkanes of at least 4 members (excludes halogenated alkanes) is 4. The highest BCUT2D eigenvalue weighted by Gasteiger charge is 2.07. The highest BCUT2D eigenvalue weighted by atomic mass is 19.1. The summed E-state index contributed by atoms with van der Waals surface area (Å²) in [6, 6.07) is 26.7. The largest absolute Gasteiger partial charge is 0.205 e. The molecular weight excluding hydrogens is 439 g/mol. The lowest BCUT2D eigenvalue weighted by atomic mass is 9.99. The van der Waals surface area contributed by atoms with E-state index in [1.807, 2.05) is 30.3 Å². The van der Waals surface area contributed by atoms with Gasteiger partial charge in [0.25, 0.3) is 0 Å². The summed E-state index contributed by atoms with van der Waals surface area (Å²) < 4.78 is 15.2. The lowest BCUT2D eigenvalue weighted by Gasteiger charge is -2.06. The molecular formula is C35H35F. The predicted molar refractivity (Wildman–Crippen MR) is 153 cm³/mol. The van der Waals surface area contributed by atoms with Crippen molar-refractivity contribution in [1.82, 2.24) is 0 Å². The second-order valence-electron chi connectivity index (χ2n) is 9.50. The van der Waals surface area contributed by atoms with Crippen molar-refractivity contribution in [3.63, 3.8) is 0 Å².